The van der Waals surface area contributed by atoms with E-state index in [9.17, 15) is 22.4 Å². The maximum atomic E-state index is 13.8. The minimum absolute atomic E-state index is 0.00694. The fourth-order valence-electron chi connectivity index (χ4n) is 3.78. The zero-order valence-corrected chi connectivity index (χ0v) is 23.9. The van der Waals surface area contributed by atoms with Crippen LogP contribution in [0.4, 0.5) is 10.1 Å². The SMILES string of the molecule is CCCNC(=O)C(C)N(Cc1cccc(Br)c1)C(=O)CN(c1ccc(F)cc1)S(=O)(=O)c1ccc(C)cc1. The fourth-order valence-corrected chi connectivity index (χ4v) is 5.64. The molecule has 0 radical (unpaired) electrons. The summed E-state index contributed by atoms with van der Waals surface area (Å²) in [4.78, 5) is 28.0. The Balaban J connectivity index is 2.01. The number of aryl methyl sites for hydroxylation is 1. The van der Waals surface area contributed by atoms with Crippen molar-refractivity contribution in [3.63, 3.8) is 0 Å². The number of hydrogen-bond donors (Lipinski definition) is 1. The third-order valence-electron chi connectivity index (χ3n) is 5.96. The molecule has 0 saturated heterocycles. The van der Waals surface area contributed by atoms with Gasteiger partial charge >= 0.3 is 0 Å². The third-order valence-corrected chi connectivity index (χ3v) is 8.24. The first kappa shape index (κ1) is 29.3. The summed E-state index contributed by atoms with van der Waals surface area (Å²) in [5.74, 6) is -1.46. The molecule has 38 heavy (non-hydrogen) atoms. The lowest BCUT2D eigenvalue weighted by Crippen LogP contribution is -2.51. The lowest BCUT2D eigenvalue weighted by Gasteiger charge is -2.32. The highest BCUT2D eigenvalue weighted by molar-refractivity contribution is 9.10. The Hall–Kier alpha value is -3.24. The molecule has 0 aliphatic carbocycles. The minimum atomic E-state index is -4.20. The van der Waals surface area contributed by atoms with Gasteiger partial charge in [0.15, 0.2) is 0 Å². The van der Waals surface area contributed by atoms with E-state index in [0.717, 1.165) is 38.5 Å². The Bertz CT molecular complexity index is 1370. The highest BCUT2D eigenvalue weighted by Crippen LogP contribution is 2.25. The molecule has 3 aromatic carbocycles. The second kappa shape index (κ2) is 13.0. The molecule has 1 N–H and O–H groups in total. The second-order valence-electron chi connectivity index (χ2n) is 8.92. The average Bonchev–Trinajstić information content (AvgIpc) is 2.89. The molecule has 0 aliphatic heterocycles. The molecule has 0 spiro atoms. The van der Waals surface area contributed by atoms with E-state index in [1.807, 2.05) is 38.1 Å². The standard InChI is InChI=1S/C28H31BrFN3O4S/c1-4-16-31-28(35)21(3)32(18-22-6-5-7-23(29)17-22)27(34)19-33(25-12-10-24(30)11-13-25)38(36,37)26-14-8-20(2)9-15-26/h5-15,17,21H,4,16,18-19H2,1-3H3,(H,31,35). The number of sulfonamides is 1. The van der Waals surface area contributed by atoms with Crippen molar-refractivity contribution in [3.8, 4) is 0 Å². The number of hydrogen-bond acceptors (Lipinski definition) is 4. The monoisotopic (exact) mass is 603 g/mol. The number of anilines is 1. The topological polar surface area (TPSA) is 86.8 Å². The van der Waals surface area contributed by atoms with Crippen LogP contribution in [0.5, 0.6) is 0 Å². The highest BCUT2D eigenvalue weighted by Gasteiger charge is 2.32. The molecule has 3 aromatic rings. The average molecular weight is 605 g/mol. The van der Waals surface area contributed by atoms with E-state index in [-0.39, 0.29) is 23.0 Å². The first-order valence-corrected chi connectivity index (χ1v) is 14.4. The summed E-state index contributed by atoms with van der Waals surface area (Å²) in [7, 11) is -4.20. The van der Waals surface area contributed by atoms with Gasteiger partial charge < -0.3 is 10.2 Å². The van der Waals surface area contributed by atoms with Crippen LogP contribution in [0.25, 0.3) is 0 Å². The quantitative estimate of drug-likeness (QED) is 0.333. The molecule has 1 atom stereocenters. The van der Waals surface area contributed by atoms with E-state index in [2.05, 4.69) is 21.2 Å². The first-order valence-electron chi connectivity index (χ1n) is 12.2. The lowest BCUT2D eigenvalue weighted by atomic mass is 10.1. The summed E-state index contributed by atoms with van der Waals surface area (Å²) < 4.78 is 42.9. The van der Waals surface area contributed by atoms with Crippen molar-refractivity contribution >= 4 is 43.5 Å². The van der Waals surface area contributed by atoms with Gasteiger partial charge in [-0.3, -0.25) is 13.9 Å². The Morgan fingerprint density at radius 2 is 1.68 bits per heavy atom. The van der Waals surface area contributed by atoms with Crippen molar-refractivity contribution in [1.29, 1.82) is 0 Å². The van der Waals surface area contributed by atoms with Gasteiger partial charge in [0.1, 0.15) is 18.4 Å². The molecule has 3 rings (SSSR count). The lowest BCUT2D eigenvalue weighted by molar-refractivity contribution is -0.139. The number of nitrogens with zero attached hydrogens (tertiary/aromatic N) is 2. The molecule has 0 aliphatic rings. The van der Waals surface area contributed by atoms with E-state index in [0.29, 0.717) is 6.54 Å². The number of amides is 2. The van der Waals surface area contributed by atoms with E-state index < -0.39 is 34.3 Å². The maximum Gasteiger partial charge on any atom is 0.264 e. The van der Waals surface area contributed by atoms with Crippen LogP contribution in [0.2, 0.25) is 0 Å². The summed E-state index contributed by atoms with van der Waals surface area (Å²) in [5, 5.41) is 2.80. The summed E-state index contributed by atoms with van der Waals surface area (Å²) >= 11 is 3.42. The first-order chi connectivity index (χ1) is 18.0. The van der Waals surface area contributed by atoms with Crippen molar-refractivity contribution in [2.24, 2.45) is 0 Å². The van der Waals surface area contributed by atoms with E-state index in [1.54, 1.807) is 19.1 Å². The molecule has 0 saturated carbocycles. The maximum absolute atomic E-state index is 13.8. The molecule has 0 bridgehead atoms. The molecule has 10 heteroatoms. The molecule has 7 nitrogen and oxygen atoms in total. The van der Waals surface area contributed by atoms with Crippen molar-refractivity contribution < 1.29 is 22.4 Å². The largest absolute Gasteiger partial charge is 0.354 e. The molecule has 0 fully saturated rings. The Kier molecular flexibility index (Phi) is 10.0. The smallest absolute Gasteiger partial charge is 0.264 e. The molecular weight excluding hydrogens is 573 g/mol. The van der Waals surface area contributed by atoms with Crippen LogP contribution in [0, 0.1) is 12.7 Å². The van der Waals surface area contributed by atoms with Gasteiger partial charge in [0.05, 0.1) is 10.6 Å². The number of rotatable bonds is 11. The van der Waals surface area contributed by atoms with E-state index in [1.165, 1.54) is 29.2 Å². The third kappa shape index (κ3) is 7.41. The van der Waals surface area contributed by atoms with Crippen LogP contribution in [-0.2, 0) is 26.2 Å². The van der Waals surface area contributed by atoms with Crippen LogP contribution in [-0.4, -0.2) is 44.3 Å². The van der Waals surface area contributed by atoms with Crippen LogP contribution in [0.15, 0.2) is 82.2 Å². The van der Waals surface area contributed by atoms with Gasteiger partial charge in [-0.1, -0.05) is 52.7 Å². The normalized spacial score (nSPS) is 12.0. The summed E-state index contributed by atoms with van der Waals surface area (Å²) in [6.45, 7) is 5.32. The van der Waals surface area contributed by atoms with Crippen molar-refractivity contribution in [1.82, 2.24) is 10.2 Å². The zero-order valence-electron chi connectivity index (χ0n) is 21.5. The predicted molar refractivity (Wildman–Crippen MR) is 150 cm³/mol. The number of carbonyl (C=O) groups is 2. The molecule has 1 unspecified atom stereocenters. The summed E-state index contributed by atoms with van der Waals surface area (Å²) in [6, 6.07) is 17.6. The van der Waals surface area contributed by atoms with Crippen molar-refractivity contribution in [2.45, 2.75) is 44.7 Å². The van der Waals surface area contributed by atoms with E-state index >= 15 is 0 Å². The number of benzene rings is 3. The van der Waals surface area contributed by atoms with Crippen molar-refractivity contribution in [2.75, 3.05) is 17.4 Å². The van der Waals surface area contributed by atoms with E-state index in [4.69, 9.17) is 0 Å². The highest BCUT2D eigenvalue weighted by atomic mass is 79.9. The number of carbonyl (C=O) groups excluding carboxylic acids is 2. The Morgan fingerprint density at radius 3 is 2.29 bits per heavy atom. The van der Waals surface area contributed by atoms with Crippen molar-refractivity contribution in [3.05, 3.63) is 94.2 Å². The van der Waals surface area contributed by atoms with Gasteiger partial charge in [-0.2, -0.15) is 0 Å². The van der Waals surface area contributed by atoms with Crippen LogP contribution in [0.1, 0.15) is 31.4 Å². The molecule has 202 valence electrons. The number of halogens is 2. The van der Waals surface area contributed by atoms with Gasteiger partial charge in [0, 0.05) is 17.6 Å². The van der Waals surface area contributed by atoms with Gasteiger partial charge in [0.2, 0.25) is 11.8 Å². The van der Waals surface area contributed by atoms with Crippen LogP contribution < -0.4 is 9.62 Å². The van der Waals surface area contributed by atoms with Crippen LogP contribution in [0.3, 0.4) is 0 Å². The zero-order chi connectivity index (χ0) is 27.9. The molecular formula is C28H31BrFN3O4S. The van der Waals surface area contributed by atoms with Gasteiger partial charge in [-0.15, -0.1) is 0 Å². The van der Waals surface area contributed by atoms with Crippen LogP contribution >= 0.6 is 15.9 Å². The van der Waals surface area contributed by atoms with Gasteiger partial charge in [-0.25, -0.2) is 12.8 Å². The molecule has 2 amide bonds. The summed E-state index contributed by atoms with van der Waals surface area (Å²) in [5.41, 5.74) is 1.77. The summed E-state index contributed by atoms with van der Waals surface area (Å²) in [6.07, 6.45) is 0.727. The Morgan fingerprint density at radius 1 is 1.03 bits per heavy atom. The van der Waals surface area contributed by atoms with Gasteiger partial charge in [0.25, 0.3) is 10.0 Å². The number of nitrogens with one attached hydrogen (secondary N) is 1. The Labute approximate surface area is 231 Å². The molecule has 0 aromatic heterocycles. The van der Waals surface area contributed by atoms with Gasteiger partial charge in [-0.05, 0) is 74.4 Å². The second-order valence-corrected chi connectivity index (χ2v) is 11.7. The molecule has 0 heterocycles. The predicted octanol–water partition coefficient (Wildman–Crippen LogP) is 5.04. The minimum Gasteiger partial charge on any atom is -0.354 e. The fraction of sp³-hybridized carbons (Fsp3) is 0.286.